The molecular weight excluding hydrogens is 269 g/mol. The Labute approximate surface area is 120 Å². The molecular formula is C14H21Cl2NO. The molecule has 1 atom stereocenters. The van der Waals surface area contributed by atoms with Gasteiger partial charge in [0.2, 0.25) is 0 Å². The van der Waals surface area contributed by atoms with Crippen molar-refractivity contribution in [1.82, 2.24) is 5.32 Å². The van der Waals surface area contributed by atoms with Crippen LogP contribution in [0.15, 0.2) is 12.1 Å². The van der Waals surface area contributed by atoms with Crippen LogP contribution in [0.5, 0.6) is 5.75 Å². The van der Waals surface area contributed by atoms with Crippen molar-refractivity contribution in [2.45, 2.75) is 33.7 Å². The quantitative estimate of drug-likeness (QED) is 0.820. The molecule has 1 aromatic carbocycles. The van der Waals surface area contributed by atoms with E-state index in [1.54, 1.807) is 6.07 Å². The van der Waals surface area contributed by atoms with Gasteiger partial charge < -0.3 is 10.1 Å². The van der Waals surface area contributed by atoms with E-state index in [2.05, 4.69) is 26.1 Å². The van der Waals surface area contributed by atoms with E-state index in [1.807, 2.05) is 13.0 Å². The molecule has 1 unspecified atom stereocenters. The zero-order valence-corrected chi connectivity index (χ0v) is 12.9. The first-order chi connectivity index (χ1) is 8.51. The van der Waals surface area contributed by atoms with Gasteiger partial charge in [-0.15, -0.1) is 0 Å². The standard InChI is InChI=1S/C14H21Cl2NO/c1-5-17-14(9(3)4)10-7-12(16)13(18-6-2)8-11(10)15/h7-9,14,17H,5-6H2,1-4H3. The van der Waals surface area contributed by atoms with Crippen molar-refractivity contribution in [2.75, 3.05) is 13.2 Å². The molecule has 1 aromatic rings. The minimum absolute atomic E-state index is 0.204. The fourth-order valence-corrected chi connectivity index (χ4v) is 2.47. The summed E-state index contributed by atoms with van der Waals surface area (Å²) in [6.07, 6.45) is 0. The average molecular weight is 290 g/mol. The van der Waals surface area contributed by atoms with Crippen LogP contribution in [0.3, 0.4) is 0 Å². The molecule has 1 N–H and O–H groups in total. The second-order valence-electron chi connectivity index (χ2n) is 4.52. The van der Waals surface area contributed by atoms with Crippen LogP contribution >= 0.6 is 23.2 Å². The van der Waals surface area contributed by atoms with E-state index in [9.17, 15) is 0 Å². The molecule has 0 aliphatic carbocycles. The van der Waals surface area contributed by atoms with Gasteiger partial charge in [0.1, 0.15) is 5.75 Å². The molecule has 0 radical (unpaired) electrons. The first-order valence-electron chi connectivity index (χ1n) is 6.36. The molecule has 0 amide bonds. The zero-order valence-electron chi connectivity index (χ0n) is 11.4. The number of halogens is 2. The average Bonchev–Trinajstić information content (AvgIpc) is 2.31. The van der Waals surface area contributed by atoms with Crippen molar-refractivity contribution in [3.63, 3.8) is 0 Å². The molecule has 18 heavy (non-hydrogen) atoms. The van der Waals surface area contributed by atoms with Gasteiger partial charge in [-0.05, 0) is 31.0 Å². The van der Waals surface area contributed by atoms with E-state index in [0.717, 1.165) is 12.1 Å². The first kappa shape index (κ1) is 15.6. The van der Waals surface area contributed by atoms with E-state index < -0.39 is 0 Å². The van der Waals surface area contributed by atoms with Gasteiger partial charge in [-0.1, -0.05) is 44.0 Å². The number of rotatable bonds is 6. The molecule has 0 saturated heterocycles. The Morgan fingerprint density at radius 2 is 1.83 bits per heavy atom. The zero-order chi connectivity index (χ0) is 13.7. The van der Waals surface area contributed by atoms with E-state index in [1.165, 1.54) is 0 Å². The first-order valence-corrected chi connectivity index (χ1v) is 7.11. The topological polar surface area (TPSA) is 21.3 Å². The summed E-state index contributed by atoms with van der Waals surface area (Å²) in [5.41, 5.74) is 1.03. The predicted molar refractivity (Wildman–Crippen MR) is 78.9 cm³/mol. The summed E-state index contributed by atoms with van der Waals surface area (Å²) in [4.78, 5) is 0. The largest absolute Gasteiger partial charge is 0.492 e. The normalized spacial score (nSPS) is 12.8. The molecule has 0 aliphatic heterocycles. The summed E-state index contributed by atoms with van der Waals surface area (Å²) < 4.78 is 5.44. The number of hydrogen-bond donors (Lipinski definition) is 1. The van der Waals surface area contributed by atoms with Gasteiger partial charge in [0.25, 0.3) is 0 Å². The lowest BCUT2D eigenvalue weighted by Crippen LogP contribution is -2.25. The van der Waals surface area contributed by atoms with Crippen molar-refractivity contribution in [2.24, 2.45) is 5.92 Å². The summed E-state index contributed by atoms with van der Waals surface area (Å²) in [7, 11) is 0. The number of hydrogen-bond acceptors (Lipinski definition) is 2. The van der Waals surface area contributed by atoms with Gasteiger partial charge in [0.05, 0.1) is 11.6 Å². The lowest BCUT2D eigenvalue weighted by atomic mass is 9.96. The van der Waals surface area contributed by atoms with Crippen molar-refractivity contribution in [3.05, 3.63) is 27.7 Å². The Kier molecular flexibility index (Phi) is 6.27. The molecule has 0 bridgehead atoms. The maximum absolute atomic E-state index is 6.33. The smallest absolute Gasteiger partial charge is 0.139 e. The molecule has 0 spiro atoms. The Bertz CT molecular complexity index is 394. The van der Waals surface area contributed by atoms with Gasteiger partial charge in [-0.25, -0.2) is 0 Å². The summed E-state index contributed by atoms with van der Waals surface area (Å²) in [5.74, 6) is 1.09. The molecule has 0 aliphatic rings. The predicted octanol–water partition coefficient (Wildman–Crippen LogP) is 4.70. The highest BCUT2D eigenvalue weighted by Gasteiger charge is 2.19. The third kappa shape index (κ3) is 3.78. The van der Waals surface area contributed by atoms with Gasteiger partial charge >= 0.3 is 0 Å². The summed E-state index contributed by atoms with van der Waals surface area (Å²) in [5, 5.41) is 4.74. The van der Waals surface area contributed by atoms with E-state index in [4.69, 9.17) is 27.9 Å². The monoisotopic (exact) mass is 289 g/mol. The van der Waals surface area contributed by atoms with Gasteiger partial charge in [-0.2, -0.15) is 0 Å². The highest BCUT2D eigenvalue weighted by atomic mass is 35.5. The van der Waals surface area contributed by atoms with E-state index in [-0.39, 0.29) is 6.04 Å². The number of ether oxygens (including phenoxy) is 1. The molecule has 4 heteroatoms. The lowest BCUT2D eigenvalue weighted by Gasteiger charge is -2.24. The summed E-state index contributed by atoms with van der Waals surface area (Å²) >= 11 is 12.6. The van der Waals surface area contributed by atoms with Crippen LogP contribution in [-0.4, -0.2) is 13.2 Å². The second-order valence-corrected chi connectivity index (χ2v) is 5.33. The Balaban J connectivity index is 3.11. The maximum atomic E-state index is 6.33. The molecule has 0 saturated carbocycles. The third-order valence-corrected chi connectivity index (χ3v) is 3.40. The molecule has 1 rings (SSSR count). The molecule has 0 fully saturated rings. The second kappa shape index (κ2) is 7.22. The molecule has 0 aromatic heterocycles. The fourth-order valence-electron chi connectivity index (χ4n) is 1.97. The van der Waals surface area contributed by atoms with Crippen molar-refractivity contribution >= 4 is 23.2 Å². The minimum Gasteiger partial charge on any atom is -0.492 e. The van der Waals surface area contributed by atoms with Crippen LogP contribution in [0.1, 0.15) is 39.3 Å². The van der Waals surface area contributed by atoms with E-state index in [0.29, 0.717) is 28.3 Å². The van der Waals surface area contributed by atoms with Crippen LogP contribution in [0.4, 0.5) is 0 Å². The van der Waals surface area contributed by atoms with Crippen molar-refractivity contribution in [1.29, 1.82) is 0 Å². The fraction of sp³-hybridized carbons (Fsp3) is 0.571. The summed E-state index contributed by atoms with van der Waals surface area (Å²) in [6.45, 7) is 9.80. The molecule has 0 heterocycles. The Morgan fingerprint density at radius 1 is 1.17 bits per heavy atom. The van der Waals surface area contributed by atoms with Gasteiger partial charge in [-0.3, -0.25) is 0 Å². The SMILES string of the molecule is CCNC(c1cc(Cl)c(OCC)cc1Cl)C(C)C. The van der Waals surface area contributed by atoms with Crippen LogP contribution in [0, 0.1) is 5.92 Å². The number of benzene rings is 1. The Morgan fingerprint density at radius 3 is 2.33 bits per heavy atom. The third-order valence-electron chi connectivity index (χ3n) is 2.78. The van der Waals surface area contributed by atoms with Crippen LogP contribution in [0.25, 0.3) is 0 Å². The van der Waals surface area contributed by atoms with Crippen LogP contribution in [-0.2, 0) is 0 Å². The maximum Gasteiger partial charge on any atom is 0.139 e. The lowest BCUT2D eigenvalue weighted by molar-refractivity contribution is 0.340. The highest BCUT2D eigenvalue weighted by Crippen LogP contribution is 2.36. The van der Waals surface area contributed by atoms with Gasteiger partial charge in [0.15, 0.2) is 0 Å². The number of nitrogens with one attached hydrogen (secondary N) is 1. The summed E-state index contributed by atoms with van der Waals surface area (Å²) in [6, 6.07) is 3.91. The van der Waals surface area contributed by atoms with Crippen LogP contribution < -0.4 is 10.1 Å². The van der Waals surface area contributed by atoms with E-state index >= 15 is 0 Å². The highest BCUT2D eigenvalue weighted by molar-refractivity contribution is 6.34. The van der Waals surface area contributed by atoms with Crippen LogP contribution in [0.2, 0.25) is 10.0 Å². The van der Waals surface area contributed by atoms with Gasteiger partial charge in [0, 0.05) is 17.1 Å². The van der Waals surface area contributed by atoms with Crippen molar-refractivity contribution < 1.29 is 4.74 Å². The molecule has 2 nitrogen and oxygen atoms in total. The Hall–Kier alpha value is -0.440. The van der Waals surface area contributed by atoms with Crippen molar-refractivity contribution in [3.8, 4) is 5.75 Å². The minimum atomic E-state index is 0.204. The molecule has 102 valence electrons.